The minimum absolute atomic E-state index is 0.140. The van der Waals surface area contributed by atoms with E-state index >= 15 is 0 Å². The number of likely N-dealkylation sites (tertiary alicyclic amines) is 1. The standard InChI is InChI=1S/C32H28F7N/c33-15-4-16-40-19-22(20-40)17-21-9-11-24(12-10-21)30-26-7-2-1-5-23(26)6-3-8-27(30)25-13-14-28(31(34,35)36)29(18-25)32(37,38)39/h1-2,5,7,9-14,17-18H,3-4,6,8,15-16,19-20H2. The summed E-state index contributed by atoms with van der Waals surface area (Å²) in [6, 6.07) is 17.7. The predicted molar refractivity (Wildman–Crippen MR) is 143 cm³/mol. The van der Waals surface area contributed by atoms with Crippen molar-refractivity contribution in [2.24, 2.45) is 0 Å². The van der Waals surface area contributed by atoms with E-state index < -0.39 is 23.5 Å². The summed E-state index contributed by atoms with van der Waals surface area (Å²) in [6.45, 7) is 1.98. The van der Waals surface area contributed by atoms with Crippen LogP contribution in [-0.4, -0.2) is 31.2 Å². The Morgan fingerprint density at radius 3 is 2.10 bits per heavy atom. The number of allylic oxidation sites excluding steroid dienone is 1. The fourth-order valence-electron chi connectivity index (χ4n) is 5.60. The van der Waals surface area contributed by atoms with Gasteiger partial charge in [0.15, 0.2) is 0 Å². The number of benzene rings is 3. The molecule has 1 aliphatic carbocycles. The maximum Gasteiger partial charge on any atom is 0.417 e. The zero-order valence-electron chi connectivity index (χ0n) is 21.7. The van der Waals surface area contributed by atoms with Crippen LogP contribution < -0.4 is 0 Å². The van der Waals surface area contributed by atoms with Crippen molar-refractivity contribution in [1.29, 1.82) is 0 Å². The number of halogens is 7. The molecule has 1 nitrogen and oxygen atoms in total. The molecule has 2 aliphatic rings. The lowest BCUT2D eigenvalue weighted by molar-refractivity contribution is -0.162. The Bertz CT molecular complexity index is 1420. The Hall–Kier alpha value is -3.39. The number of fused-ring (bicyclic) bond motifs is 1. The summed E-state index contributed by atoms with van der Waals surface area (Å²) in [5, 5.41) is 0. The Morgan fingerprint density at radius 2 is 1.43 bits per heavy atom. The molecule has 210 valence electrons. The molecule has 0 saturated carbocycles. The Balaban J connectivity index is 1.58. The smallest absolute Gasteiger partial charge is 0.295 e. The van der Waals surface area contributed by atoms with E-state index in [1.165, 1.54) is 5.57 Å². The summed E-state index contributed by atoms with van der Waals surface area (Å²) >= 11 is 0. The maximum atomic E-state index is 13.8. The number of alkyl halides is 7. The highest BCUT2D eigenvalue weighted by Crippen LogP contribution is 2.44. The summed E-state index contributed by atoms with van der Waals surface area (Å²) in [5.41, 5.74) is 3.03. The molecular weight excluding hydrogens is 531 g/mol. The van der Waals surface area contributed by atoms with Crippen LogP contribution in [0.3, 0.4) is 0 Å². The molecule has 5 rings (SSSR count). The molecule has 1 fully saturated rings. The van der Waals surface area contributed by atoms with Gasteiger partial charge in [0.05, 0.1) is 17.8 Å². The van der Waals surface area contributed by atoms with Crippen molar-refractivity contribution >= 4 is 17.2 Å². The van der Waals surface area contributed by atoms with Gasteiger partial charge in [-0.05, 0) is 82.4 Å². The second kappa shape index (κ2) is 11.2. The van der Waals surface area contributed by atoms with Gasteiger partial charge < -0.3 is 0 Å². The van der Waals surface area contributed by atoms with Gasteiger partial charge in [0.25, 0.3) is 0 Å². The van der Waals surface area contributed by atoms with Crippen LogP contribution in [0, 0.1) is 0 Å². The van der Waals surface area contributed by atoms with Crippen LogP contribution in [0.15, 0.2) is 72.3 Å². The minimum Gasteiger partial charge on any atom is -0.295 e. The third-order valence-corrected chi connectivity index (χ3v) is 7.47. The first-order valence-electron chi connectivity index (χ1n) is 13.2. The van der Waals surface area contributed by atoms with E-state index in [4.69, 9.17) is 0 Å². The zero-order chi connectivity index (χ0) is 28.5. The lowest BCUT2D eigenvalue weighted by Crippen LogP contribution is -2.40. The van der Waals surface area contributed by atoms with Gasteiger partial charge in [-0.25, -0.2) is 0 Å². The van der Waals surface area contributed by atoms with Crippen molar-refractivity contribution in [3.8, 4) is 0 Å². The Labute approximate surface area is 228 Å². The fraction of sp³-hybridized carbons (Fsp3) is 0.312. The van der Waals surface area contributed by atoms with Crippen LogP contribution in [0.1, 0.15) is 58.2 Å². The third kappa shape index (κ3) is 6.02. The van der Waals surface area contributed by atoms with E-state index in [-0.39, 0.29) is 12.2 Å². The van der Waals surface area contributed by atoms with Gasteiger partial charge in [0.1, 0.15) is 0 Å². The summed E-state index contributed by atoms with van der Waals surface area (Å²) in [5.74, 6) is 0. The number of nitrogens with zero attached hydrogens (tertiary/aromatic N) is 1. The Kier molecular flexibility index (Phi) is 7.91. The fourth-order valence-corrected chi connectivity index (χ4v) is 5.60. The number of hydrogen-bond donors (Lipinski definition) is 0. The SMILES string of the molecule is FCCCN1CC(=Cc2ccc(C3=C(c4ccc(C(F)(F)F)c(C(F)(F)F)c4)CCCc4ccccc43)cc2)C1. The van der Waals surface area contributed by atoms with Gasteiger partial charge in [0.2, 0.25) is 0 Å². The minimum atomic E-state index is -5.15. The number of rotatable bonds is 6. The molecule has 8 heteroatoms. The number of aryl methyl sites for hydroxylation is 1. The quantitative estimate of drug-likeness (QED) is 0.272. The molecule has 3 aromatic carbocycles. The predicted octanol–water partition coefficient (Wildman–Crippen LogP) is 9.08. The summed E-state index contributed by atoms with van der Waals surface area (Å²) in [6.07, 6.45) is -5.89. The molecule has 1 saturated heterocycles. The highest BCUT2D eigenvalue weighted by molar-refractivity contribution is 6.00. The summed E-state index contributed by atoms with van der Waals surface area (Å²) in [4.78, 5) is 2.17. The van der Waals surface area contributed by atoms with E-state index in [9.17, 15) is 30.7 Å². The van der Waals surface area contributed by atoms with E-state index in [1.807, 2.05) is 48.5 Å². The van der Waals surface area contributed by atoms with Crippen molar-refractivity contribution < 1.29 is 30.7 Å². The van der Waals surface area contributed by atoms with Crippen LogP contribution in [-0.2, 0) is 18.8 Å². The third-order valence-electron chi connectivity index (χ3n) is 7.47. The molecule has 0 amide bonds. The van der Waals surface area contributed by atoms with Crippen molar-refractivity contribution in [3.05, 3.63) is 111 Å². The first-order chi connectivity index (χ1) is 19.0. The first kappa shape index (κ1) is 28.1. The van der Waals surface area contributed by atoms with Crippen LogP contribution >= 0.6 is 0 Å². The number of hydrogen-bond acceptors (Lipinski definition) is 1. The van der Waals surface area contributed by atoms with E-state index in [2.05, 4.69) is 11.0 Å². The monoisotopic (exact) mass is 559 g/mol. The molecule has 0 atom stereocenters. The highest BCUT2D eigenvalue weighted by atomic mass is 19.4. The largest absolute Gasteiger partial charge is 0.417 e. The van der Waals surface area contributed by atoms with E-state index in [0.717, 1.165) is 53.5 Å². The molecule has 0 bridgehead atoms. The normalized spacial score (nSPS) is 16.4. The van der Waals surface area contributed by atoms with Crippen LogP contribution in [0.4, 0.5) is 30.7 Å². The molecule has 0 aromatic heterocycles. The molecule has 1 aliphatic heterocycles. The topological polar surface area (TPSA) is 3.24 Å². The molecule has 0 radical (unpaired) electrons. The molecular formula is C32H28F7N. The van der Waals surface area contributed by atoms with Crippen molar-refractivity contribution in [2.75, 3.05) is 26.3 Å². The van der Waals surface area contributed by atoms with Crippen molar-refractivity contribution in [1.82, 2.24) is 4.90 Å². The average Bonchev–Trinajstić information content (AvgIpc) is 3.09. The van der Waals surface area contributed by atoms with Gasteiger partial charge in [-0.2, -0.15) is 26.3 Å². The van der Waals surface area contributed by atoms with Gasteiger partial charge in [-0.1, -0.05) is 60.7 Å². The summed E-state index contributed by atoms with van der Waals surface area (Å²) in [7, 11) is 0. The van der Waals surface area contributed by atoms with E-state index in [1.54, 1.807) is 0 Å². The maximum absolute atomic E-state index is 13.8. The zero-order valence-corrected chi connectivity index (χ0v) is 21.7. The second-order valence-corrected chi connectivity index (χ2v) is 10.3. The lowest BCUT2D eigenvalue weighted by atomic mass is 9.86. The Morgan fingerprint density at radius 1 is 0.750 bits per heavy atom. The molecule has 0 unspecified atom stereocenters. The van der Waals surface area contributed by atoms with Gasteiger partial charge in [0, 0.05) is 19.6 Å². The summed E-state index contributed by atoms with van der Waals surface area (Å²) < 4.78 is 94.1. The van der Waals surface area contributed by atoms with E-state index in [0.29, 0.717) is 43.4 Å². The molecule has 0 N–H and O–H groups in total. The lowest BCUT2D eigenvalue weighted by Gasteiger charge is -2.33. The van der Waals surface area contributed by atoms with Gasteiger partial charge in [-0.15, -0.1) is 0 Å². The highest BCUT2D eigenvalue weighted by Gasteiger charge is 2.43. The van der Waals surface area contributed by atoms with Crippen LogP contribution in [0.5, 0.6) is 0 Å². The van der Waals surface area contributed by atoms with Crippen LogP contribution in [0.2, 0.25) is 0 Å². The molecule has 40 heavy (non-hydrogen) atoms. The molecule has 1 heterocycles. The van der Waals surface area contributed by atoms with Crippen LogP contribution in [0.25, 0.3) is 17.2 Å². The van der Waals surface area contributed by atoms with Gasteiger partial charge in [-0.3, -0.25) is 9.29 Å². The first-order valence-corrected chi connectivity index (χ1v) is 13.2. The second-order valence-electron chi connectivity index (χ2n) is 10.3. The van der Waals surface area contributed by atoms with Crippen molar-refractivity contribution in [2.45, 2.75) is 38.0 Å². The molecule has 3 aromatic rings. The average molecular weight is 560 g/mol. The van der Waals surface area contributed by atoms with Gasteiger partial charge >= 0.3 is 12.4 Å². The van der Waals surface area contributed by atoms with Crippen molar-refractivity contribution in [3.63, 3.8) is 0 Å². The molecule has 0 spiro atoms.